The molecule has 0 unspecified atom stereocenters. The predicted octanol–water partition coefficient (Wildman–Crippen LogP) is -1.02. The van der Waals surface area contributed by atoms with Crippen molar-refractivity contribution in [1.82, 2.24) is 0 Å². The molecule has 0 aromatic carbocycles. The van der Waals surface area contributed by atoms with E-state index < -0.39 is 0 Å². The fraction of sp³-hybridized carbons (Fsp3) is 1.00. The van der Waals surface area contributed by atoms with Crippen molar-refractivity contribution >= 4 is 15.0 Å². The Morgan fingerprint density at radius 3 is 3.10 bits per heavy atom. The Morgan fingerprint density at radius 2 is 2.20 bits per heavy atom. The molecule has 0 saturated carbocycles. The van der Waals surface area contributed by atoms with E-state index in [1.807, 2.05) is 0 Å². The van der Waals surface area contributed by atoms with Gasteiger partial charge in [0.2, 0.25) is 0 Å². The molecule has 3 heterocycles. The third-order valence-electron chi connectivity index (χ3n) is 2.28. The first-order valence-electron chi connectivity index (χ1n) is 3.47. The number of fused-ring (bicyclic) bond motifs is 4. The predicted molar refractivity (Wildman–Crippen MR) is 33.9 cm³/mol. The Bertz CT molecular complexity index is 172. The zero-order valence-electron chi connectivity index (χ0n) is 5.27. The van der Waals surface area contributed by atoms with Crippen LogP contribution in [0, 0.1) is 0 Å². The van der Waals surface area contributed by atoms with Crippen LogP contribution in [0.25, 0.3) is 0 Å². The number of ether oxygens (including phenoxy) is 2. The average Bonchev–Trinajstić information content (AvgIpc) is 2.61. The van der Waals surface area contributed by atoms with E-state index in [0.29, 0.717) is 21.1 Å². The van der Waals surface area contributed by atoms with Crippen molar-refractivity contribution in [2.75, 3.05) is 0 Å². The molecule has 4 heteroatoms. The minimum absolute atomic E-state index is 0.133. The molecule has 3 saturated heterocycles. The number of aliphatic hydroxyl groups is 1. The second-order valence-corrected chi connectivity index (χ2v) is 5.31. The van der Waals surface area contributed by atoms with Gasteiger partial charge in [0.1, 0.15) is 0 Å². The van der Waals surface area contributed by atoms with Crippen molar-refractivity contribution in [3.05, 3.63) is 0 Å². The SMILES string of the molecule is O[C@@H]1[C@H]2O[C@H]2[C@H]2C[Se][C@@H]1O2. The van der Waals surface area contributed by atoms with Crippen LogP contribution in [-0.4, -0.2) is 49.5 Å². The van der Waals surface area contributed by atoms with Crippen molar-refractivity contribution in [3.8, 4) is 0 Å². The van der Waals surface area contributed by atoms with E-state index >= 15 is 0 Å². The Hall–Kier alpha value is 0.399. The van der Waals surface area contributed by atoms with Crippen LogP contribution in [0.2, 0.25) is 5.32 Å². The van der Waals surface area contributed by atoms with Gasteiger partial charge in [-0.25, -0.2) is 0 Å². The van der Waals surface area contributed by atoms with E-state index in [-0.39, 0.29) is 23.3 Å². The molecule has 3 nitrogen and oxygen atoms in total. The summed E-state index contributed by atoms with van der Waals surface area (Å²) in [6, 6.07) is 0. The van der Waals surface area contributed by atoms with Gasteiger partial charge in [-0.15, -0.1) is 0 Å². The van der Waals surface area contributed by atoms with Gasteiger partial charge >= 0.3 is 64.3 Å². The topological polar surface area (TPSA) is 42.0 Å². The number of epoxide rings is 1. The molecule has 0 aromatic heterocycles. The number of hydrogen-bond donors (Lipinski definition) is 1. The van der Waals surface area contributed by atoms with Crippen LogP contribution in [0.15, 0.2) is 0 Å². The molecule has 10 heavy (non-hydrogen) atoms. The summed E-state index contributed by atoms with van der Waals surface area (Å²) in [5.74, 6) is 0. The first-order valence-corrected chi connectivity index (χ1v) is 5.67. The van der Waals surface area contributed by atoms with Gasteiger partial charge in [-0.3, -0.25) is 0 Å². The Balaban J connectivity index is 1.91. The van der Waals surface area contributed by atoms with Crippen LogP contribution in [0.3, 0.4) is 0 Å². The van der Waals surface area contributed by atoms with Crippen LogP contribution < -0.4 is 0 Å². The molecule has 56 valence electrons. The summed E-state index contributed by atoms with van der Waals surface area (Å²) in [6.07, 6.45) is 0.394. The first kappa shape index (κ1) is 5.98. The number of rotatable bonds is 0. The summed E-state index contributed by atoms with van der Waals surface area (Å²) in [6.45, 7) is 0. The summed E-state index contributed by atoms with van der Waals surface area (Å²) >= 11 is 0.501. The van der Waals surface area contributed by atoms with Crippen LogP contribution in [0.1, 0.15) is 0 Å². The van der Waals surface area contributed by atoms with Gasteiger partial charge in [0, 0.05) is 0 Å². The van der Waals surface area contributed by atoms with Gasteiger partial charge in [0.05, 0.1) is 0 Å². The Morgan fingerprint density at radius 1 is 1.30 bits per heavy atom. The average molecular weight is 207 g/mol. The molecule has 0 aromatic rings. The molecule has 0 amide bonds. The van der Waals surface area contributed by atoms with Gasteiger partial charge in [-0.2, -0.15) is 0 Å². The normalized spacial score (nSPS) is 63.9. The molecule has 1 N–H and O–H groups in total. The molecule has 0 spiro atoms. The van der Waals surface area contributed by atoms with Crippen molar-refractivity contribution in [2.24, 2.45) is 0 Å². The molecule has 0 radical (unpaired) electrons. The quantitative estimate of drug-likeness (QED) is 0.408. The molecule has 2 bridgehead atoms. The summed E-state index contributed by atoms with van der Waals surface area (Å²) in [5, 5.41) is 10.7. The Kier molecular flexibility index (Phi) is 1.05. The number of hydrogen-bond acceptors (Lipinski definition) is 3. The summed E-state index contributed by atoms with van der Waals surface area (Å²) in [7, 11) is 0. The molecule has 3 fully saturated rings. The summed E-state index contributed by atoms with van der Waals surface area (Å²) in [4.78, 5) is 0. The fourth-order valence-electron chi connectivity index (χ4n) is 1.66. The molecular weight excluding hydrogens is 199 g/mol. The molecular formula is C6H8O3Se. The molecule has 5 atom stereocenters. The van der Waals surface area contributed by atoms with Gasteiger partial charge in [0.25, 0.3) is 0 Å². The van der Waals surface area contributed by atoms with Gasteiger partial charge < -0.3 is 0 Å². The van der Waals surface area contributed by atoms with Crippen molar-refractivity contribution in [2.45, 2.75) is 34.7 Å². The summed E-state index contributed by atoms with van der Waals surface area (Å²) in [5.41, 5.74) is 0. The van der Waals surface area contributed by atoms with E-state index in [9.17, 15) is 5.11 Å². The van der Waals surface area contributed by atoms with Crippen molar-refractivity contribution < 1.29 is 14.6 Å². The van der Waals surface area contributed by atoms with Gasteiger partial charge in [0.15, 0.2) is 0 Å². The third kappa shape index (κ3) is 0.613. The molecule has 3 rings (SSSR count). The van der Waals surface area contributed by atoms with E-state index in [1.54, 1.807) is 0 Å². The molecule has 3 aliphatic heterocycles. The van der Waals surface area contributed by atoms with E-state index in [4.69, 9.17) is 9.47 Å². The second-order valence-electron chi connectivity index (χ2n) is 2.93. The maximum absolute atomic E-state index is 9.47. The monoisotopic (exact) mass is 208 g/mol. The van der Waals surface area contributed by atoms with Gasteiger partial charge in [-0.1, -0.05) is 0 Å². The van der Waals surface area contributed by atoms with Crippen LogP contribution in [0.4, 0.5) is 0 Å². The maximum atomic E-state index is 9.47. The van der Waals surface area contributed by atoms with Crippen molar-refractivity contribution in [1.29, 1.82) is 0 Å². The van der Waals surface area contributed by atoms with E-state index in [2.05, 4.69) is 0 Å². The zero-order valence-corrected chi connectivity index (χ0v) is 6.98. The zero-order chi connectivity index (χ0) is 6.72. The van der Waals surface area contributed by atoms with Gasteiger partial charge in [-0.05, 0) is 0 Å². The van der Waals surface area contributed by atoms with Crippen LogP contribution in [0.5, 0.6) is 0 Å². The molecule has 3 aliphatic rings. The second kappa shape index (κ2) is 1.76. The standard InChI is InChI=1S/C6H8O3Se/c7-3-5-4(9-5)2-1-10-6(3)8-2/h2-7H,1H2/t2-,3-,4+,5-,6+/m1/s1. The van der Waals surface area contributed by atoms with Crippen molar-refractivity contribution in [3.63, 3.8) is 0 Å². The van der Waals surface area contributed by atoms with E-state index in [0.717, 1.165) is 5.32 Å². The Labute approximate surface area is 64.8 Å². The third-order valence-corrected chi connectivity index (χ3v) is 4.88. The summed E-state index contributed by atoms with van der Waals surface area (Å²) < 4.78 is 10.8. The van der Waals surface area contributed by atoms with Crippen LogP contribution in [-0.2, 0) is 9.47 Å². The minimum atomic E-state index is -0.316. The number of aliphatic hydroxyl groups excluding tert-OH is 1. The van der Waals surface area contributed by atoms with Crippen LogP contribution >= 0.6 is 0 Å². The first-order chi connectivity index (χ1) is 4.86. The van der Waals surface area contributed by atoms with E-state index in [1.165, 1.54) is 0 Å². The fourth-order valence-corrected chi connectivity index (χ4v) is 4.22. The molecule has 0 aliphatic carbocycles.